The fourth-order valence-electron chi connectivity index (χ4n) is 0.841. The van der Waals surface area contributed by atoms with Gasteiger partial charge in [0.05, 0.1) is 10.5 Å². The van der Waals surface area contributed by atoms with E-state index in [2.05, 4.69) is 0 Å². The van der Waals surface area contributed by atoms with Crippen molar-refractivity contribution < 1.29 is 12.8 Å². The normalized spacial score (nSPS) is 9.31. The molecule has 68 valence electrons. The molecule has 0 aliphatic heterocycles. The van der Waals surface area contributed by atoms with Crippen LogP contribution in [-0.4, -0.2) is 11.2 Å². The van der Waals surface area contributed by atoms with Crippen molar-refractivity contribution in [3.8, 4) is 5.75 Å². The number of aldehydes is 1. The van der Waals surface area contributed by atoms with E-state index < -0.39 is 4.92 Å². The SMILES string of the molecule is O=Cc1cc(OI)ccc1[N+](=O)[O-]. The molecule has 0 atom stereocenters. The number of halogens is 1. The topological polar surface area (TPSA) is 69.4 Å². The summed E-state index contributed by atoms with van der Waals surface area (Å²) in [6.45, 7) is 0. The second kappa shape index (κ2) is 4.17. The Hall–Kier alpha value is -1.18. The highest BCUT2D eigenvalue weighted by atomic mass is 127. The van der Waals surface area contributed by atoms with E-state index in [0.29, 0.717) is 12.0 Å². The first-order valence-electron chi connectivity index (χ1n) is 3.21. The van der Waals surface area contributed by atoms with Crippen LogP contribution in [0.1, 0.15) is 10.4 Å². The summed E-state index contributed by atoms with van der Waals surface area (Å²) in [4.78, 5) is 20.2. The third-order valence-electron chi connectivity index (χ3n) is 1.41. The molecule has 0 saturated heterocycles. The Kier molecular flexibility index (Phi) is 3.18. The Morgan fingerprint density at radius 3 is 2.69 bits per heavy atom. The van der Waals surface area contributed by atoms with Crippen molar-refractivity contribution in [2.45, 2.75) is 0 Å². The molecule has 13 heavy (non-hydrogen) atoms. The van der Waals surface area contributed by atoms with E-state index in [1.165, 1.54) is 18.2 Å². The Labute approximate surface area is 87.5 Å². The highest BCUT2D eigenvalue weighted by molar-refractivity contribution is 14.1. The highest BCUT2D eigenvalue weighted by Gasteiger charge is 2.13. The van der Waals surface area contributed by atoms with Crippen LogP contribution in [0.5, 0.6) is 5.75 Å². The number of hydrogen-bond donors (Lipinski definition) is 0. The molecular formula is C7H4INO4. The minimum absolute atomic E-state index is 0.0131. The molecule has 1 rings (SSSR count). The average molecular weight is 293 g/mol. The summed E-state index contributed by atoms with van der Waals surface area (Å²) < 4.78 is 4.78. The van der Waals surface area contributed by atoms with E-state index in [1.54, 1.807) is 23.0 Å². The molecule has 5 nitrogen and oxygen atoms in total. The van der Waals surface area contributed by atoms with Crippen molar-refractivity contribution >= 4 is 35.0 Å². The van der Waals surface area contributed by atoms with Crippen molar-refractivity contribution in [3.63, 3.8) is 0 Å². The van der Waals surface area contributed by atoms with Gasteiger partial charge in [-0.3, -0.25) is 14.9 Å². The third-order valence-corrected chi connectivity index (χ3v) is 1.92. The lowest BCUT2D eigenvalue weighted by atomic mass is 10.2. The third kappa shape index (κ3) is 2.14. The Bertz CT molecular complexity index is 352. The van der Waals surface area contributed by atoms with Crippen LogP contribution in [0.2, 0.25) is 0 Å². The van der Waals surface area contributed by atoms with Gasteiger partial charge in [0, 0.05) is 6.07 Å². The fourth-order valence-corrected chi connectivity index (χ4v) is 1.12. The molecule has 0 fully saturated rings. The van der Waals surface area contributed by atoms with Gasteiger partial charge in [-0.15, -0.1) is 0 Å². The number of carbonyl (C=O) groups excluding carboxylic acids is 1. The monoisotopic (exact) mass is 293 g/mol. The molecule has 0 heterocycles. The standard InChI is InChI=1S/C7H4INO4/c8-13-6-1-2-7(9(11)12)5(3-6)4-10/h1-4H. The molecule has 0 aliphatic carbocycles. The Balaban J connectivity index is 3.23. The number of carbonyl (C=O) groups is 1. The van der Waals surface area contributed by atoms with Crippen LogP contribution in [0, 0.1) is 10.1 Å². The van der Waals surface area contributed by atoms with E-state index in [9.17, 15) is 14.9 Å². The molecule has 0 unspecified atom stereocenters. The van der Waals surface area contributed by atoms with Gasteiger partial charge in [0.25, 0.3) is 5.69 Å². The number of nitro groups is 1. The van der Waals surface area contributed by atoms with Crippen LogP contribution < -0.4 is 3.07 Å². The molecule has 0 amide bonds. The number of nitrogens with zero attached hydrogens (tertiary/aromatic N) is 1. The maximum atomic E-state index is 10.4. The zero-order valence-corrected chi connectivity index (χ0v) is 8.43. The number of benzene rings is 1. The second-order valence-electron chi connectivity index (χ2n) is 2.17. The maximum absolute atomic E-state index is 10.4. The van der Waals surface area contributed by atoms with Crippen molar-refractivity contribution in [2.75, 3.05) is 0 Å². The molecule has 0 saturated carbocycles. The van der Waals surface area contributed by atoms with Crippen LogP contribution in [0.4, 0.5) is 5.69 Å². The summed E-state index contributed by atoms with van der Waals surface area (Å²) in [5.74, 6) is 0.410. The number of rotatable bonds is 3. The molecule has 0 aliphatic rings. The lowest BCUT2D eigenvalue weighted by Gasteiger charge is -1.98. The lowest BCUT2D eigenvalue weighted by molar-refractivity contribution is -0.385. The first kappa shape index (κ1) is 9.90. The molecule has 0 N–H and O–H groups in total. The minimum atomic E-state index is -0.610. The van der Waals surface area contributed by atoms with E-state index in [1.807, 2.05) is 0 Å². The number of hydrogen-bond acceptors (Lipinski definition) is 4. The molecule has 6 heteroatoms. The summed E-state index contributed by atoms with van der Waals surface area (Å²) in [7, 11) is 0. The molecule has 1 aromatic carbocycles. The van der Waals surface area contributed by atoms with Crippen LogP contribution in [0.25, 0.3) is 0 Å². The molecular weight excluding hydrogens is 289 g/mol. The zero-order valence-electron chi connectivity index (χ0n) is 6.27. The highest BCUT2D eigenvalue weighted by Crippen LogP contribution is 2.23. The van der Waals surface area contributed by atoms with Gasteiger partial charge < -0.3 is 3.07 Å². The van der Waals surface area contributed by atoms with Gasteiger partial charge >= 0.3 is 0 Å². The van der Waals surface area contributed by atoms with Crippen molar-refractivity contribution in [1.29, 1.82) is 0 Å². The van der Waals surface area contributed by atoms with Gasteiger partial charge in [0.15, 0.2) is 29.3 Å². The number of nitro benzene ring substituents is 1. The van der Waals surface area contributed by atoms with Crippen LogP contribution >= 0.6 is 23.0 Å². The van der Waals surface area contributed by atoms with Gasteiger partial charge in [-0.1, -0.05) is 0 Å². The van der Waals surface area contributed by atoms with E-state index in [-0.39, 0.29) is 11.3 Å². The fraction of sp³-hybridized carbons (Fsp3) is 0. The van der Waals surface area contributed by atoms with E-state index >= 15 is 0 Å². The Morgan fingerprint density at radius 1 is 1.54 bits per heavy atom. The molecule has 0 bridgehead atoms. The molecule has 0 radical (unpaired) electrons. The summed E-state index contributed by atoms with van der Waals surface area (Å²) >= 11 is 1.63. The lowest BCUT2D eigenvalue weighted by Crippen LogP contribution is -1.93. The van der Waals surface area contributed by atoms with Gasteiger partial charge in [0.1, 0.15) is 5.75 Å². The summed E-state index contributed by atoms with van der Waals surface area (Å²) in [6.07, 6.45) is 0.428. The van der Waals surface area contributed by atoms with E-state index in [4.69, 9.17) is 3.07 Å². The summed E-state index contributed by atoms with van der Waals surface area (Å²) in [6, 6.07) is 3.98. The summed E-state index contributed by atoms with van der Waals surface area (Å²) in [5.41, 5.74) is -0.202. The Morgan fingerprint density at radius 2 is 2.23 bits per heavy atom. The average Bonchev–Trinajstić information content (AvgIpc) is 2.16. The van der Waals surface area contributed by atoms with Crippen molar-refractivity contribution in [1.82, 2.24) is 0 Å². The van der Waals surface area contributed by atoms with Crippen molar-refractivity contribution in [3.05, 3.63) is 33.9 Å². The minimum Gasteiger partial charge on any atom is -0.428 e. The maximum Gasteiger partial charge on any atom is 0.280 e. The predicted octanol–water partition coefficient (Wildman–Crippen LogP) is 2.14. The first-order chi connectivity index (χ1) is 6.19. The summed E-state index contributed by atoms with van der Waals surface area (Å²) in [5, 5.41) is 10.4. The molecule has 0 spiro atoms. The quantitative estimate of drug-likeness (QED) is 0.370. The molecule has 0 aromatic heterocycles. The van der Waals surface area contributed by atoms with Gasteiger partial charge in [0.2, 0.25) is 0 Å². The van der Waals surface area contributed by atoms with Crippen molar-refractivity contribution in [2.24, 2.45) is 0 Å². The zero-order chi connectivity index (χ0) is 9.84. The van der Waals surface area contributed by atoms with Gasteiger partial charge in [-0.05, 0) is 12.1 Å². The van der Waals surface area contributed by atoms with Gasteiger partial charge in [-0.25, -0.2) is 0 Å². The smallest absolute Gasteiger partial charge is 0.280 e. The predicted molar refractivity (Wildman–Crippen MR) is 53.1 cm³/mol. The van der Waals surface area contributed by atoms with Crippen LogP contribution in [0.15, 0.2) is 18.2 Å². The van der Waals surface area contributed by atoms with Crippen LogP contribution in [-0.2, 0) is 0 Å². The second-order valence-corrected chi connectivity index (χ2v) is 2.61. The van der Waals surface area contributed by atoms with Gasteiger partial charge in [-0.2, -0.15) is 0 Å². The molecule has 1 aromatic rings. The first-order valence-corrected chi connectivity index (χ1v) is 4.09. The largest absolute Gasteiger partial charge is 0.428 e. The van der Waals surface area contributed by atoms with E-state index in [0.717, 1.165) is 0 Å². The van der Waals surface area contributed by atoms with Crippen LogP contribution in [0.3, 0.4) is 0 Å².